The fraction of sp³-hybridized carbons (Fsp3) is 0.182. The van der Waals surface area contributed by atoms with E-state index in [-0.39, 0.29) is 0 Å². The van der Waals surface area contributed by atoms with Crippen LogP contribution in [0.25, 0.3) is 6.08 Å². The second-order valence-electron chi connectivity index (χ2n) is 2.89. The van der Waals surface area contributed by atoms with Crippen molar-refractivity contribution in [2.75, 3.05) is 7.11 Å². The maximum atomic E-state index is 11.2. The number of hydrogen-bond donors (Lipinski definition) is 0. The zero-order valence-electron chi connectivity index (χ0n) is 8.52. The molecule has 0 atom stereocenters. The Hall–Kier alpha value is -2.15. The van der Waals surface area contributed by atoms with E-state index in [1.165, 1.54) is 19.4 Å². The van der Waals surface area contributed by atoms with E-state index >= 15 is 0 Å². The van der Waals surface area contributed by atoms with Crippen LogP contribution in [0.2, 0.25) is 0 Å². The first kappa shape index (κ1) is 10.9. The highest BCUT2D eigenvalue weighted by Gasteiger charge is 2.10. The zero-order chi connectivity index (χ0) is 11.3. The lowest BCUT2D eigenvalue weighted by Crippen LogP contribution is -2.06. The highest BCUT2D eigenvalue weighted by molar-refractivity contribution is 5.88. The van der Waals surface area contributed by atoms with Gasteiger partial charge in [-0.25, -0.2) is 9.78 Å². The van der Waals surface area contributed by atoms with Gasteiger partial charge in [0.2, 0.25) is 0 Å². The number of carbonyl (C=O) groups excluding carboxylic acids is 1. The van der Waals surface area contributed by atoms with E-state index in [0.29, 0.717) is 5.69 Å². The Morgan fingerprint density at radius 1 is 1.67 bits per heavy atom. The molecule has 4 heteroatoms. The molecule has 0 saturated heterocycles. The van der Waals surface area contributed by atoms with Crippen molar-refractivity contribution < 1.29 is 9.53 Å². The molecule has 0 amide bonds. The Labute approximate surface area is 87.8 Å². The largest absolute Gasteiger partial charge is 0.464 e. The number of aryl methyl sites for hydroxylation is 1. The van der Waals surface area contributed by atoms with Crippen LogP contribution in [0, 0.1) is 18.3 Å². The first-order valence-corrected chi connectivity index (χ1v) is 4.30. The van der Waals surface area contributed by atoms with E-state index in [2.05, 4.69) is 9.72 Å². The molecule has 0 aliphatic carbocycles. The van der Waals surface area contributed by atoms with Gasteiger partial charge in [0, 0.05) is 12.3 Å². The monoisotopic (exact) mass is 202 g/mol. The Morgan fingerprint density at radius 3 is 2.93 bits per heavy atom. The van der Waals surface area contributed by atoms with Crippen LogP contribution < -0.4 is 0 Å². The van der Waals surface area contributed by atoms with Crippen LogP contribution in [-0.4, -0.2) is 18.1 Å². The van der Waals surface area contributed by atoms with E-state index < -0.39 is 5.97 Å². The Morgan fingerprint density at radius 2 is 2.40 bits per heavy atom. The maximum Gasteiger partial charge on any atom is 0.356 e. The second kappa shape index (κ2) is 4.91. The van der Waals surface area contributed by atoms with Gasteiger partial charge in [0.1, 0.15) is 0 Å². The molecule has 0 aliphatic heterocycles. The van der Waals surface area contributed by atoms with Crippen molar-refractivity contribution in [1.82, 2.24) is 4.98 Å². The molecule has 1 rings (SSSR count). The number of aromatic nitrogens is 1. The van der Waals surface area contributed by atoms with Crippen molar-refractivity contribution in [3.63, 3.8) is 0 Å². The van der Waals surface area contributed by atoms with Crippen molar-refractivity contribution in [2.24, 2.45) is 0 Å². The number of hydrogen-bond acceptors (Lipinski definition) is 4. The predicted molar refractivity (Wildman–Crippen MR) is 55.0 cm³/mol. The highest BCUT2D eigenvalue weighted by Crippen LogP contribution is 2.09. The molecule has 0 N–H and O–H groups in total. The van der Waals surface area contributed by atoms with Gasteiger partial charge >= 0.3 is 5.97 Å². The molecule has 15 heavy (non-hydrogen) atoms. The quantitative estimate of drug-likeness (QED) is 0.541. The number of ether oxygens (including phenoxy) is 1. The molecule has 1 aromatic rings. The lowest BCUT2D eigenvalue weighted by atomic mass is 10.1. The third kappa shape index (κ3) is 2.64. The summed E-state index contributed by atoms with van der Waals surface area (Å²) >= 11 is 0. The minimum atomic E-state index is -0.455. The molecule has 0 aliphatic rings. The maximum absolute atomic E-state index is 11.2. The summed E-state index contributed by atoms with van der Waals surface area (Å²) in [6.07, 6.45) is 4.50. The van der Waals surface area contributed by atoms with Crippen LogP contribution in [0.5, 0.6) is 0 Å². The van der Waals surface area contributed by atoms with Gasteiger partial charge in [-0.3, -0.25) is 0 Å². The minimum absolute atomic E-state index is 0.298. The van der Waals surface area contributed by atoms with E-state index in [9.17, 15) is 4.79 Å². The van der Waals surface area contributed by atoms with Crippen LogP contribution in [-0.2, 0) is 4.74 Å². The molecule has 1 heterocycles. The molecular formula is C11H10N2O2. The van der Waals surface area contributed by atoms with E-state index in [1.807, 2.05) is 6.07 Å². The number of carbonyl (C=O) groups is 1. The molecule has 0 fully saturated rings. The summed E-state index contributed by atoms with van der Waals surface area (Å²) in [5.74, 6) is -0.455. The third-order valence-electron chi connectivity index (χ3n) is 1.83. The Bertz CT molecular complexity index is 444. The normalized spacial score (nSPS) is 9.93. The summed E-state index contributed by atoms with van der Waals surface area (Å²) in [7, 11) is 1.31. The van der Waals surface area contributed by atoms with E-state index in [0.717, 1.165) is 11.1 Å². The van der Waals surface area contributed by atoms with Crippen molar-refractivity contribution in [3.05, 3.63) is 35.2 Å². The number of nitrogens with zero attached hydrogens (tertiary/aromatic N) is 2. The van der Waals surface area contributed by atoms with Gasteiger partial charge in [-0.2, -0.15) is 5.26 Å². The summed E-state index contributed by atoms with van der Waals surface area (Å²) in [5.41, 5.74) is 1.80. The molecule has 1 aromatic heterocycles. The smallest absolute Gasteiger partial charge is 0.356 e. The molecule has 0 unspecified atom stereocenters. The van der Waals surface area contributed by atoms with Gasteiger partial charge < -0.3 is 4.74 Å². The highest BCUT2D eigenvalue weighted by atomic mass is 16.5. The molecule has 0 aromatic carbocycles. The molecule has 0 spiro atoms. The van der Waals surface area contributed by atoms with Crippen LogP contribution in [0.4, 0.5) is 0 Å². The number of methoxy groups -OCH3 is 1. The molecule has 0 radical (unpaired) electrons. The van der Waals surface area contributed by atoms with Crippen LogP contribution in [0.3, 0.4) is 0 Å². The van der Waals surface area contributed by atoms with Gasteiger partial charge in [-0.15, -0.1) is 0 Å². The summed E-state index contributed by atoms with van der Waals surface area (Å²) in [5, 5.41) is 8.35. The van der Waals surface area contributed by atoms with E-state index in [1.54, 1.807) is 19.1 Å². The van der Waals surface area contributed by atoms with Crippen molar-refractivity contribution in [2.45, 2.75) is 6.92 Å². The van der Waals surface area contributed by atoms with Gasteiger partial charge in [-0.05, 0) is 30.2 Å². The number of rotatable bonds is 2. The SMILES string of the molecule is COC(=O)c1ncc(C=CC#N)cc1C. The van der Waals surface area contributed by atoms with Crippen molar-refractivity contribution in [3.8, 4) is 6.07 Å². The number of pyridine rings is 1. The van der Waals surface area contributed by atoms with Crippen LogP contribution in [0.1, 0.15) is 21.6 Å². The van der Waals surface area contributed by atoms with Crippen LogP contribution in [0.15, 0.2) is 18.3 Å². The first-order valence-electron chi connectivity index (χ1n) is 4.30. The van der Waals surface area contributed by atoms with Gasteiger partial charge in [0.05, 0.1) is 13.2 Å². The Balaban J connectivity index is 3.04. The third-order valence-corrected chi connectivity index (χ3v) is 1.83. The molecule has 76 valence electrons. The fourth-order valence-electron chi connectivity index (χ4n) is 1.13. The average molecular weight is 202 g/mol. The molecular weight excluding hydrogens is 192 g/mol. The second-order valence-corrected chi connectivity index (χ2v) is 2.89. The molecule has 0 bridgehead atoms. The van der Waals surface area contributed by atoms with E-state index in [4.69, 9.17) is 5.26 Å². The summed E-state index contributed by atoms with van der Waals surface area (Å²) in [6, 6.07) is 3.66. The number of nitriles is 1. The lowest BCUT2D eigenvalue weighted by Gasteiger charge is -2.02. The van der Waals surface area contributed by atoms with Gasteiger partial charge in [0.15, 0.2) is 5.69 Å². The summed E-state index contributed by atoms with van der Waals surface area (Å²) in [4.78, 5) is 15.2. The number of allylic oxidation sites excluding steroid dienone is 1. The van der Waals surface area contributed by atoms with Gasteiger partial charge in [-0.1, -0.05) is 0 Å². The average Bonchev–Trinajstić information content (AvgIpc) is 2.25. The standard InChI is InChI=1S/C11H10N2O2/c1-8-6-9(4-3-5-12)7-13-10(8)11(14)15-2/h3-4,6-7H,1-2H3. The lowest BCUT2D eigenvalue weighted by molar-refractivity contribution is 0.0593. The summed E-state index contributed by atoms with van der Waals surface area (Å²) < 4.78 is 4.57. The fourth-order valence-corrected chi connectivity index (χ4v) is 1.13. The van der Waals surface area contributed by atoms with Crippen LogP contribution >= 0.6 is 0 Å². The molecule has 4 nitrogen and oxygen atoms in total. The Kier molecular flexibility index (Phi) is 3.58. The number of esters is 1. The predicted octanol–water partition coefficient (Wildman–Crippen LogP) is 1.71. The zero-order valence-corrected chi connectivity index (χ0v) is 8.52. The minimum Gasteiger partial charge on any atom is -0.464 e. The van der Waals surface area contributed by atoms with Crippen molar-refractivity contribution in [1.29, 1.82) is 5.26 Å². The summed E-state index contributed by atoms with van der Waals surface area (Å²) in [6.45, 7) is 1.77. The van der Waals surface area contributed by atoms with Gasteiger partial charge in [0.25, 0.3) is 0 Å². The van der Waals surface area contributed by atoms with Crippen molar-refractivity contribution >= 4 is 12.0 Å². The topological polar surface area (TPSA) is 63.0 Å². The first-order chi connectivity index (χ1) is 7.19. The molecule has 0 saturated carbocycles.